The Kier molecular flexibility index (Phi) is 57.8. The summed E-state index contributed by atoms with van der Waals surface area (Å²) >= 11 is 0. The Morgan fingerprint density at radius 3 is 0.343 bits per heavy atom. The van der Waals surface area contributed by atoms with Crippen molar-refractivity contribution in [2.45, 2.75) is 373 Å². The van der Waals surface area contributed by atoms with Crippen LogP contribution in [0.4, 0.5) is 0 Å². The lowest BCUT2D eigenvalue weighted by atomic mass is 9.94. The number of carboxylic acids is 1. The number of hydrogen-bond acceptors (Lipinski definition) is 23. The monoisotopic (exact) mass is 1470 g/mol. The molecule has 0 saturated heterocycles. The van der Waals surface area contributed by atoms with Gasteiger partial charge in [0.2, 0.25) is 5.78 Å². The summed E-state index contributed by atoms with van der Waals surface area (Å²) in [5, 5.41) is 8.39. The van der Waals surface area contributed by atoms with Gasteiger partial charge in [0.1, 0.15) is 0 Å². The van der Waals surface area contributed by atoms with Gasteiger partial charge in [-0.2, -0.15) is 0 Å². The van der Waals surface area contributed by atoms with Crippen molar-refractivity contribution in [2.75, 3.05) is 0 Å². The summed E-state index contributed by atoms with van der Waals surface area (Å²) in [5.41, 5.74) is 0. The number of aliphatic carboxylic acids is 1. The van der Waals surface area contributed by atoms with E-state index in [4.69, 9.17) is 5.11 Å². The summed E-state index contributed by atoms with van der Waals surface area (Å²) in [6.07, 6.45) is 72.6. The maximum absolute atomic E-state index is 12.3. The highest BCUT2D eigenvalue weighted by molar-refractivity contribution is 7.08. The predicted molar refractivity (Wildman–Crippen MR) is 387 cm³/mol. The Hall–Kier alpha value is -7.79. The van der Waals surface area contributed by atoms with Gasteiger partial charge in [0, 0.05) is 6.42 Å². The van der Waals surface area contributed by atoms with Gasteiger partial charge in [-0.15, -0.1) is 0 Å². The van der Waals surface area contributed by atoms with E-state index in [1.54, 1.807) is 0 Å². The molecule has 0 aliphatic carbocycles. The van der Waals surface area contributed by atoms with Crippen molar-refractivity contribution in [3.63, 3.8) is 0 Å². The lowest BCUT2D eigenvalue weighted by molar-refractivity contribution is -0.158. The molecule has 0 atom stereocenters. The fourth-order valence-electron chi connectivity index (χ4n) is 12.2. The van der Waals surface area contributed by atoms with Crippen LogP contribution in [0.2, 0.25) is 0 Å². The zero-order valence-electron chi connectivity index (χ0n) is 62.6. The minimum atomic E-state index is -3.11. The Morgan fingerprint density at radius 1 is 0.133 bits per heavy atom. The van der Waals surface area contributed by atoms with Gasteiger partial charge in [-0.25, -0.2) is 4.79 Å². The van der Waals surface area contributed by atoms with Gasteiger partial charge >= 0.3 is 11.8 Å². The topological polar surface area (TPSA) is 413 Å². The highest BCUT2D eigenvalue weighted by Gasteiger charge is 2.48. The molecule has 1 N–H and O–H groups in total. The molecule has 0 saturated carbocycles. The fraction of sp³-hybridized carbons (Fsp3) is 0.716. The van der Waals surface area contributed by atoms with Gasteiger partial charge < -0.3 is 5.11 Å². The zero-order valence-corrected chi connectivity index (χ0v) is 62.6. The van der Waals surface area contributed by atoms with Crippen molar-refractivity contribution in [2.24, 2.45) is 0 Å². The van der Waals surface area contributed by atoms with E-state index in [2.05, 4.69) is 6.92 Å². The number of carbonyl (C=O) groups is 23. The van der Waals surface area contributed by atoms with Crippen LogP contribution in [0.5, 0.6) is 0 Å². The second-order valence-corrected chi connectivity index (χ2v) is 27.8. The molecular formula is C81H118O24. The van der Waals surface area contributed by atoms with Gasteiger partial charge in [-0.3, -0.25) is 105 Å². The maximum Gasteiger partial charge on any atom is 0.380 e. The van der Waals surface area contributed by atoms with E-state index in [-0.39, 0.29) is 6.42 Å². The molecule has 0 spiro atoms. The van der Waals surface area contributed by atoms with Gasteiger partial charge in [0.15, 0.2) is 0 Å². The predicted octanol–water partition coefficient (Wildman–Crippen LogP) is 12.8. The second kappa shape index (κ2) is 62.4. The molecule has 0 aliphatic heterocycles. The molecule has 0 amide bonds. The molecule has 0 radical (unpaired) electrons. The van der Waals surface area contributed by atoms with Crippen molar-refractivity contribution >= 4 is 133 Å². The standard InChI is InChI=1S/C81H118O24/c1-2-3-4-5-6-7-8-9-10-11-12-13-14-15-16-17-18-19-20-21-22-23-24-25-26-27-28-29-30-31-32-33-34-35-36-37-38-39-40-41-42-43-44-45-46-47-48-49-50-51-52-53-54-55-56-57-58-59(82)60(83)61(84)62(85)63(86)64(87)65(88)66(89)67(90)68(91)69(92)70(93)71(94)72(95)73(96)74(97)75(98)76(99)77(100)78(101)79(102)80(103)81(104)105/h2-58H2,1H3,(H,104,105). The van der Waals surface area contributed by atoms with Crippen LogP contribution in [0, 0.1) is 0 Å². The highest BCUT2D eigenvalue weighted by Crippen LogP contribution is 2.20. The normalized spacial score (nSPS) is 10.9. The molecule has 0 heterocycles. The van der Waals surface area contributed by atoms with Crippen LogP contribution in [-0.2, 0) is 110 Å². The summed E-state index contributed by atoms with van der Waals surface area (Å²) in [6.45, 7) is 2.29. The number of ketones is 22. The van der Waals surface area contributed by atoms with E-state index < -0.39 is 140 Å². The second-order valence-electron chi connectivity index (χ2n) is 27.8. The molecule has 0 aromatic rings. The maximum atomic E-state index is 12.3. The van der Waals surface area contributed by atoms with E-state index in [0.717, 1.165) is 32.1 Å². The van der Waals surface area contributed by atoms with Gasteiger partial charge in [-0.05, 0) is 6.42 Å². The Bertz CT molecular complexity index is 2960. The number of carbonyl (C=O) groups excluding carboxylic acids is 22. The number of rotatable bonds is 79. The van der Waals surface area contributed by atoms with E-state index in [1.165, 1.54) is 308 Å². The van der Waals surface area contributed by atoms with E-state index in [1.807, 2.05) is 0 Å². The average Bonchev–Trinajstić information content (AvgIpc) is 0.826. The molecule has 586 valence electrons. The first-order chi connectivity index (χ1) is 50.3. The molecule has 24 heteroatoms. The van der Waals surface area contributed by atoms with Crippen LogP contribution in [0.15, 0.2) is 0 Å². The Labute approximate surface area is 618 Å². The molecule has 0 rings (SSSR count). The molecule has 0 bridgehead atoms. The lowest BCUT2D eigenvalue weighted by Gasteiger charge is -2.05. The molecular weight excluding hydrogens is 1360 g/mol. The minimum Gasteiger partial charge on any atom is -0.475 e. The van der Waals surface area contributed by atoms with Crippen molar-refractivity contribution in [3.05, 3.63) is 0 Å². The third kappa shape index (κ3) is 44.7. The number of Topliss-reactive ketones (excluding diaryl/α,β-unsaturated/α-hetero) is 22. The fourth-order valence-corrected chi connectivity index (χ4v) is 12.2. The number of unbranched alkanes of at least 4 members (excludes halogenated alkanes) is 55. The summed E-state index contributed by atoms with van der Waals surface area (Å²) in [4.78, 5) is 274. The summed E-state index contributed by atoms with van der Waals surface area (Å²) in [7, 11) is 0. The summed E-state index contributed by atoms with van der Waals surface area (Å²) in [5.74, 6) is -64.6. The SMILES string of the molecule is CCCCCCCCCCCCCCCCCCCCCCCCCCCCCCCCCCCCCCCCCCCCCCCCCCCCCCCCCCC(=O)C(=O)C(=O)C(=O)C(=O)C(=O)C(=O)C(=O)C(=O)C(=O)C(=O)C(=O)C(=O)C(=O)C(=O)C(=O)C(=O)C(=O)C(=O)C(=O)C(=O)C(=O)C(=O)O. The van der Waals surface area contributed by atoms with E-state index >= 15 is 0 Å². The average molecular weight is 1480 g/mol. The van der Waals surface area contributed by atoms with Crippen LogP contribution in [0.25, 0.3) is 0 Å². The van der Waals surface area contributed by atoms with Crippen molar-refractivity contribution in [1.29, 1.82) is 0 Å². The quantitative estimate of drug-likeness (QED) is 0.0336. The van der Waals surface area contributed by atoms with Crippen LogP contribution in [0.1, 0.15) is 373 Å². The number of hydrogen-bond donors (Lipinski definition) is 1. The van der Waals surface area contributed by atoms with Crippen molar-refractivity contribution in [3.8, 4) is 0 Å². The highest BCUT2D eigenvalue weighted by atomic mass is 16.4. The van der Waals surface area contributed by atoms with Gasteiger partial charge in [0.05, 0.1) is 0 Å². The van der Waals surface area contributed by atoms with Gasteiger partial charge in [-0.1, -0.05) is 360 Å². The number of carboxylic acid groups (broad SMARTS) is 1. The zero-order chi connectivity index (χ0) is 78.6. The van der Waals surface area contributed by atoms with Crippen molar-refractivity contribution in [1.82, 2.24) is 0 Å². The molecule has 24 nitrogen and oxygen atoms in total. The summed E-state index contributed by atoms with van der Waals surface area (Å²) in [6, 6.07) is 0. The first-order valence-corrected chi connectivity index (χ1v) is 39.5. The summed E-state index contributed by atoms with van der Waals surface area (Å²) < 4.78 is 0. The van der Waals surface area contributed by atoms with Crippen LogP contribution in [0.3, 0.4) is 0 Å². The molecule has 105 heavy (non-hydrogen) atoms. The molecule has 0 fully saturated rings. The third-order valence-electron chi connectivity index (χ3n) is 18.8. The lowest BCUT2D eigenvalue weighted by Crippen LogP contribution is -2.48. The van der Waals surface area contributed by atoms with Crippen molar-refractivity contribution < 1.29 is 115 Å². The molecule has 0 aliphatic rings. The molecule has 0 aromatic heterocycles. The Morgan fingerprint density at radius 2 is 0.229 bits per heavy atom. The van der Waals surface area contributed by atoms with E-state index in [0.29, 0.717) is 12.8 Å². The van der Waals surface area contributed by atoms with Crippen LogP contribution in [-0.4, -0.2) is 138 Å². The van der Waals surface area contributed by atoms with Crippen LogP contribution < -0.4 is 0 Å². The minimum absolute atomic E-state index is 0.0804. The Balaban J connectivity index is 3.90. The first-order valence-electron chi connectivity index (χ1n) is 39.5. The first kappa shape index (κ1) is 97.2. The molecule has 0 aromatic carbocycles. The van der Waals surface area contributed by atoms with Crippen LogP contribution >= 0.6 is 0 Å². The van der Waals surface area contributed by atoms with E-state index in [9.17, 15) is 110 Å². The largest absolute Gasteiger partial charge is 0.475 e. The smallest absolute Gasteiger partial charge is 0.380 e. The third-order valence-corrected chi connectivity index (χ3v) is 18.8. The van der Waals surface area contributed by atoms with Gasteiger partial charge in [0.25, 0.3) is 116 Å². The molecule has 0 unspecified atom stereocenters.